The molecule has 0 aliphatic heterocycles. The summed E-state index contributed by atoms with van der Waals surface area (Å²) in [5, 5.41) is 1.25. The molecule has 4 rings (SSSR count). The number of thioether (sulfide) groups is 1. The van der Waals surface area contributed by atoms with Gasteiger partial charge in [-0.25, -0.2) is 9.98 Å². The summed E-state index contributed by atoms with van der Waals surface area (Å²) in [6.45, 7) is 2.02. The molecule has 25 heavy (non-hydrogen) atoms. The number of nitrogens with one attached hydrogen (secondary N) is 1. The van der Waals surface area contributed by atoms with Crippen LogP contribution in [0.1, 0.15) is 28.2 Å². The van der Waals surface area contributed by atoms with Gasteiger partial charge in [0.25, 0.3) is 5.56 Å². The van der Waals surface area contributed by atoms with Crippen molar-refractivity contribution in [3.8, 4) is 0 Å². The van der Waals surface area contributed by atoms with E-state index in [0.717, 1.165) is 40.7 Å². The number of benzene rings is 1. The van der Waals surface area contributed by atoms with E-state index in [2.05, 4.69) is 15.0 Å². The lowest BCUT2D eigenvalue weighted by Crippen LogP contribution is -2.13. The van der Waals surface area contributed by atoms with E-state index < -0.39 is 0 Å². The van der Waals surface area contributed by atoms with Gasteiger partial charge in [0.15, 0.2) is 5.17 Å². The van der Waals surface area contributed by atoms with Crippen molar-refractivity contribution >= 4 is 44.2 Å². The number of amidine groups is 1. The van der Waals surface area contributed by atoms with Gasteiger partial charge >= 0.3 is 0 Å². The third kappa shape index (κ3) is 3.34. The summed E-state index contributed by atoms with van der Waals surface area (Å²) in [6.07, 6.45) is 3.19. The predicted molar refractivity (Wildman–Crippen MR) is 106 cm³/mol. The number of fused-ring (bicyclic) bond motifs is 3. The molecule has 2 aromatic heterocycles. The minimum atomic E-state index is -0.0332. The van der Waals surface area contributed by atoms with Crippen LogP contribution in [0, 0.1) is 6.92 Å². The van der Waals surface area contributed by atoms with Gasteiger partial charge in [-0.05, 0) is 49.4 Å². The molecule has 1 aliphatic rings. The van der Waals surface area contributed by atoms with Crippen LogP contribution in [0.25, 0.3) is 10.2 Å². The zero-order valence-electron chi connectivity index (χ0n) is 13.8. The first-order valence-electron chi connectivity index (χ1n) is 8.17. The third-order valence-electron chi connectivity index (χ3n) is 4.22. The van der Waals surface area contributed by atoms with E-state index in [4.69, 9.17) is 5.73 Å². The molecule has 0 saturated carbocycles. The fraction of sp³-hybridized carbons (Fsp3) is 0.278. The number of aromatic nitrogens is 2. The van der Waals surface area contributed by atoms with E-state index in [1.165, 1.54) is 22.2 Å². The maximum Gasteiger partial charge on any atom is 0.259 e. The fourth-order valence-electron chi connectivity index (χ4n) is 3.11. The van der Waals surface area contributed by atoms with Gasteiger partial charge in [-0.1, -0.05) is 23.9 Å². The van der Waals surface area contributed by atoms with Gasteiger partial charge in [0.1, 0.15) is 10.7 Å². The van der Waals surface area contributed by atoms with Crippen LogP contribution in [0.4, 0.5) is 5.69 Å². The molecule has 5 nitrogen and oxygen atoms in total. The molecule has 2 heterocycles. The molecule has 1 aliphatic carbocycles. The van der Waals surface area contributed by atoms with Gasteiger partial charge in [0.2, 0.25) is 0 Å². The fourth-order valence-corrected chi connectivity index (χ4v) is 4.99. The number of nitrogens with zero attached hydrogens (tertiary/aromatic N) is 2. The first-order valence-corrected chi connectivity index (χ1v) is 9.97. The highest BCUT2D eigenvalue weighted by Gasteiger charge is 2.21. The largest absolute Gasteiger partial charge is 0.378 e. The van der Waals surface area contributed by atoms with Gasteiger partial charge in [-0.3, -0.25) is 4.79 Å². The van der Waals surface area contributed by atoms with Gasteiger partial charge in [-0.15, -0.1) is 11.3 Å². The number of hydrogen-bond acceptors (Lipinski definition) is 5. The summed E-state index contributed by atoms with van der Waals surface area (Å²) in [7, 11) is 0. The minimum Gasteiger partial charge on any atom is -0.378 e. The Kier molecular flexibility index (Phi) is 4.35. The van der Waals surface area contributed by atoms with Crippen LogP contribution in [0.15, 0.2) is 34.1 Å². The molecule has 1 aromatic carbocycles. The molecular formula is C18H18N4OS2. The predicted octanol–water partition coefficient (Wildman–Crippen LogP) is 3.66. The smallest absolute Gasteiger partial charge is 0.259 e. The van der Waals surface area contributed by atoms with Crippen molar-refractivity contribution in [2.24, 2.45) is 10.7 Å². The molecule has 0 bridgehead atoms. The zero-order valence-corrected chi connectivity index (χ0v) is 15.5. The first kappa shape index (κ1) is 16.4. The maximum absolute atomic E-state index is 12.4. The molecule has 0 fully saturated rings. The van der Waals surface area contributed by atoms with Crippen LogP contribution in [0.5, 0.6) is 0 Å². The topological polar surface area (TPSA) is 84.1 Å². The highest BCUT2D eigenvalue weighted by atomic mass is 32.2. The van der Waals surface area contributed by atoms with Crippen LogP contribution in [-0.2, 0) is 18.6 Å². The molecule has 0 atom stereocenters. The average molecular weight is 371 g/mol. The van der Waals surface area contributed by atoms with E-state index >= 15 is 0 Å². The van der Waals surface area contributed by atoms with Crippen molar-refractivity contribution in [3.05, 3.63) is 56.4 Å². The van der Waals surface area contributed by atoms with E-state index in [9.17, 15) is 4.79 Å². The number of aliphatic imine (C=N–C) groups is 1. The number of thiophene rings is 1. The Morgan fingerprint density at radius 2 is 2.32 bits per heavy atom. The Balaban J connectivity index is 1.54. The summed E-state index contributed by atoms with van der Waals surface area (Å²) in [5.74, 6) is 1.14. The zero-order chi connectivity index (χ0) is 17.4. The second-order valence-corrected chi connectivity index (χ2v) is 8.21. The lowest BCUT2D eigenvalue weighted by atomic mass is 10.2. The van der Waals surface area contributed by atoms with Crippen molar-refractivity contribution in [1.82, 2.24) is 9.97 Å². The van der Waals surface area contributed by atoms with Crippen LogP contribution in [0.3, 0.4) is 0 Å². The van der Waals surface area contributed by atoms with Crippen LogP contribution in [-0.4, -0.2) is 15.1 Å². The van der Waals surface area contributed by atoms with E-state index in [0.29, 0.717) is 16.7 Å². The van der Waals surface area contributed by atoms with Gasteiger partial charge in [0, 0.05) is 4.88 Å². The van der Waals surface area contributed by atoms with E-state index in [1.807, 2.05) is 31.2 Å². The Morgan fingerprint density at radius 1 is 1.44 bits per heavy atom. The number of H-pyrrole nitrogens is 1. The normalized spacial score (nSPS) is 14.2. The van der Waals surface area contributed by atoms with Crippen LogP contribution < -0.4 is 11.3 Å². The van der Waals surface area contributed by atoms with Crippen molar-refractivity contribution in [2.75, 3.05) is 0 Å². The lowest BCUT2D eigenvalue weighted by Gasteiger charge is -2.02. The third-order valence-corrected chi connectivity index (χ3v) is 6.21. The summed E-state index contributed by atoms with van der Waals surface area (Å²) in [6, 6.07) is 7.87. The van der Waals surface area contributed by atoms with Gasteiger partial charge in [-0.2, -0.15) is 0 Å². The SMILES string of the molecule is Cc1cccc(N=C(N)SCc2nc3sc4c(c3c(=O)[nH]2)CCC4)c1. The van der Waals surface area contributed by atoms with E-state index in [-0.39, 0.29) is 5.56 Å². The Bertz CT molecular complexity index is 1040. The number of nitrogens with two attached hydrogens (primary N) is 1. The molecular weight excluding hydrogens is 352 g/mol. The molecule has 0 radical (unpaired) electrons. The summed E-state index contributed by atoms with van der Waals surface area (Å²) in [4.78, 5) is 26.5. The summed E-state index contributed by atoms with van der Waals surface area (Å²) >= 11 is 3.03. The van der Waals surface area contributed by atoms with Crippen molar-refractivity contribution in [3.63, 3.8) is 0 Å². The second kappa shape index (κ2) is 6.65. The lowest BCUT2D eigenvalue weighted by molar-refractivity contribution is 0.916. The number of hydrogen-bond donors (Lipinski definition) is 2. The molecule has 0 unspecified atom stereocenters. The van der Waals surface area contributed by atoms with Gasteiger partial charge in [0.05, 0.1) is 16.8 Å². The Morgan fingerprint density at radius 3 is 3.16 bits per heavy atom. The highest BCUT2D eigenvalue weighted by Crippen LogP contribution is 2.34. The second-order valence-electron chi connectivity index (χ2n) is 6.13. The van der Waals surface area contributed by atoms with Crippen molar-refractivity contribution in [2.45, 2.75) is 31.9 Å². The van der Waals surface area contributed by atoms with Crippen LogP contribution in [0.2, 0.25) is 0 Å². The minimum absolute atomic E-state index is 0.0332. The van der Waals surface area contributed by atoms with E-state index in [1.54, 1.807) is 11.3 Å². The Labute approximate surface area is 153 Å². The molecule has 0 amide bonds. The molecule has 7 heteroatoms. The molecule has 3 aromatic rings. The molecule has 0 spiro atoms. The molecule has 3 N–H and O–H groups in total. The first-order chi connectivity index (χ1) is 12.1. The Hall–Kier alpha value is -2.12. The summed E-state index contributed by atoms with van der Waals surface area (Å²) in [5.41, 5.74) is 9.15. The average Bonchev–Trinajstić information content (AvgIpc) is 3.13. The van der Waals surface area contributed by atoms with Crippen LogP contribution >= 0.6 is 23.1 Å². The van der Waals surface area contributed by atoms with Crippen molar-refractivity contribution in [1.29, 1.82) is 0 Å². The summed E-state index contributed by atoms with van der Waals surface area (Å²) < 4.78 is 0. The number of aromatic amines is 1. The molecule has 0 saturated heterocycles. The quantitative estimate of drug-likeness (QED) is 0.544. The maximum atomic E-state index is 12.4. The monoisotopic (exact) mass is 370 g/mol. The number of aryl methyl sites for hydroxylation is 3. The van der Waals surface area contributed by atoms with Crippen molar-refractivity contribution < 1.29 is 0 Å². The number of rotatable bonds is 3. The molecule has 128 valence electrons. The standard InChI is InChI=1S/C18H18N4OS2/c1-10-4-2-5-11(8-10)20-18(19)24-9-14-21-16(23)15-12-6-3-7-13(12)25-17(15)22-14/h2,4-5,8H,3,6-7,9H2,1H3,(H2,19,20)(H,21,22,23). The highest BCUT2D eigenvalue weighted by molar-refractivity contribution is 8.13. The van der Waals surface area contributed by atoms with Gasteiger partial charge < -0.3 is 10.7 Å².